The van der Waals surface area contributed by atoms with Gasteiger partial charge in [-0.05, 0) is 44.4 Å². The van der Waals surface area contributed by atoms with Crippen molar-refractivity contribution in [1.29, 1.82) is 0 Å². The fourth-order valence-electron chi connectivity index (χ4n) is 2.89. The van der Waals surface area contributed by atoms with Gasteiger partial charge in [0.25, 0.3) is 5.91 Å². The maximum absolute atomic E-state index is 12.9. The molecule has 8 heteroatoms. The molecular formula is C18H27ClN2O4S. The summed E-state index contributed by atoms with van der Waals surface area (Å²) in [7, 11) is -3.62. The third-order valence-electron chi connectivity index (χ3n) is 4.34. The van der Waals surface area contributed by atoms with Crippen molar-refractivity contribution in [3.05, 3.63) is 28.8 Å². The monoisotopic (exact) mass is 402 g/mol. The summed E-state index contributed by atoms with van der Waals surface area (Å²) in [6.45, 7) is 4.59. The van der Waals surface area contributed by atoms with Crippen LogP contribution in [-0.4, -0.2) is 51.5 Å². The number of rotatable bonds is 8. The van der Waals surface area contributed by atoms with Crippen molar-refractivity contribution in [2.45, 2.75) is 43.9 Å². The number of sulfonamides is 1. The number of ether oxygens (including phenoxy) is 1. The van der Waals surface area contributed by atoms with E-state index in [0.29, 0.717) is 39.3 Å². The normalized spacial score (nSPS) is 16.2. The Hall–Kier alpha value is -1.15. The lowest BCUT2D eigenvalue weighted by Gasteiger charge is -2.20. The fourth-order valence-corrected chi connectivity index (χ4v) is 4.63. The summed E-state index contributed by atoms with van der Waals surface area (Å²) < 4.78 is 32.5. The largest absolute Gasteiger partial charge is 0.382 e. The highest BCUT2D eigenvalue weighted by Crippen LogP contribution is 2.25. The summed E-state index contributed by atoms with van der Waals surface area (Å²) in [4.78, 5) is 12.5. The molecule has 1 fully saturated rings. The maximum Gasteiger partial charge on any atom is 0.252 e. The lowest BCUT2D eigenvalue weighted by atomic mass is 10.2. The lowest BCUT2D eigenvalue weighted by molar-refractivity contribution is 0.0944. The number of carbonyl (C=O) groups is 1. The van der Waals surface area contributed by atoms with E-state index in [9.17, 15) is 13.2 Å². The SMILES string of the molecule is CCOCCCNC(=O)c1cc(S(=O)(=O)N2CCCCCC2)ccc1Cl. The highest BCUT2D eigenvalue weighted by Gasteiger charge is 2.26. The summed E-state index contributed by atoms with van der Waals surface area (Å²) in [5.74, 6) is -0.376. The first-order chi connectivity index (χ1) is 12.5. The Morgan fingerprint density at radius 3 is 2.58 bits per heavy atom. The maximum atomic E-state index is 12.9. The van der Waals surface area contributed by atoms with Crippen molar-refractivity contribution >= 4 is 27.5 Å². The third-order valence-corrected chi connectivity index (χ3v) is 6.56. The molecule has 1 saturated heterocycles. The summed E-state index contributed by atoms with van der Waals surface area (Å²) in [6.07, 6.45) is 4.49. The first kappa shape index (κ1) is 21.2. The molecule has 0 atom stereocenters. The quantitative estimate of drug-likeness (QED) is 0.678. The summed E-state index contributed by atoms with van der Waals surface area (Å²) in [6, 6.07) is 4.32. The summed E-state index contributed by atoms with van der Waals surface area (Å²) in [5.41, 5.74) is 0.180. The molecule has 26 heavy (non-hydrogen) atoms. The van der Waals surface area contributed by atoms with Crippen LogP contribution >= 0.6 is 11.6 Å². The van der Waals surface area contributed by atoms with Crippen LogP contribution in [0.2, 0.25) is 5.02 Å². The molecule has 6 nitrogen and oxygen atoms in total. The highest BCUT2D eigenvalue weighted by atomic mass is 35.5. The van der Waals surface area contributed by atoms with Crippen molar-refractivity contribution in [3.63, 3.8) is 0 Å². The van der Waals surface area contributed by atoms with Gasteiger partial charge in [-0.3, -0.25) is 4.79 Å². The van der Waals surface area contributed by atoms with E-state index in [1.807, 2.05) is 6.92 Å². The molecule has 146 valence electrons. The van der Waals surface area contributed by atoms with Crippen LogP contribution in [0.5, 0.6) is 0 Å². The third kappa shape index (κ3) is 5.67. The molecule has 1 amide bonds. The Kier molecular flexibility index (Phi) is 8.34. The number of nitrogens with one attached hydrogen (secondary N) is 1. The van der Waals surface area contributed by atoms with Gasteiger partial charge in [-0.1, -0.05) is 24.4 Å². The number of hydrogen-bond acceptors (Lipinski definition) is 4. The van der Waals surface area contributed by atoms with Crippen LogP contribution < -0.4 is 5.32 Å². The molecule has 0 spiro atoms. The first-order valence-electron chi connectivity index (χ1n) is 9.12. The van der Waals surface area contributed by atoms with Crippen LogP contribution in [0.15, 0.2) is 23.1 Å². The molecule has 0 bridgehead atoms. The number of amides is 1. The molecule has 1 N–H and O–H groups in total. The average molecular weight is 403 g/mol. The lowest BCUT2D eigenvalue weighted by Crippen LogP contribution is -2.32. The Labute approximate surface area is 160 Å². The first-order valence-corrected chi connectivity index (χ1v) is 10.9. The zero-order chi connectivity index (χ0) is 19.0. The molecule has 1 aliphatic rings. The molecule has 1 aliphatic heterocycles. The highest BCUT2D eigenvalue weighted by molar-refractivity contribution is 7.89. The van der Waals surface area contributed by atoms with Crippen LogP contribution in [0.4, 0.5) is 0 Å². The molecule has 0 radical (unpaired) electrons. The van der Waals surface area contributed by atoms with Crippen molar-refractivity contribution in [3.8, 4) is 0 Å². The Balaban J connectivity index is 2.11. The van der Waals surface area contributed by atoms with Crippen LogP contribution in [0, 0.1) is 0 Å². The van der Waals surface area contributed by atoms with Crippen molar-refractivity contribution < 1.29 is 17.9 Å². The molecular weight excluding hydrogens is 376 g/mol. The van der Waals surface area contributed by atoms with Crippen molar-refractivity contribution in [1.82, 2.24) is 9.62 Å². The van der Waals surface area contributed by atoms with Crippen molar-refractivity contribution in [2.75, 3.05) is 32.8 Å². The standard InChI is InChI=1S/C18H27ClN2O4S/c1-2-25-13-7-10-20-18(22)16-14-15(8-9-17(16)19)26(23,24)21-11-5-3-4-6-12-21/h8-9,14H,2-7,10-13H2,1H3,(H,20,22). The summed E-state index contributed by atoms with van der Waals surface area (Å²) in [5, 5.41) is 2.99. The van der Waals surface area contributed by atoms with Crippen LogP contribution in [0.1, 0.15) is 49.4 Å². The topological polar surface area (TPSA) is 75.7 Å². The second-order valence-electron chi connectivity index (χ2n) is 6.27. The van der Waals surface area contributed by atoms with Crippen molar-refractivity contribution in [2.24, 2.45) is 0 Å². The van der Waals surface area contributed by atoms with Gasteiger partial charge in [-0.2, -0.15) is 4.31 Å². The predicted octanol–water partition coefficient (Wildman–Crippen LogP) is 3.06. The molecule has 1 aromatic carbocycles. The molecule has 0 unspecified atom stereocenters. The van der Waals surface area contributed by atoms with Gasteiger partial charge in [-0.25, -0.2) is 8.42 Å². The van der Waals surface area contributed by atoms with Gasteiger partial charge in [0.05, 0.1) is 15.5 Å². The number of nitrogens with zero attached hydrogens (tertiary/aromatic N) is 1. The van der Waals surface area contributed by atoms with Crippen LogP contribution in [0.3, 0.4) is 0 Å². The van der Waals surface area contributed by atoms with Gasteiger partial charge in [-0.15, -0.1) is 0 Å². The smallest absolute Gasteiger partial charge is 0.252 e. The minimum Gasteiger partial charge on any atom is -0.382 e. The second kappa shape index (κ2) is 10.3. The number of hydrogen-bond donors (Lipinski definition) is 1. The number of benzene rings is 1. The van der Waals surface area contributed by atoms with E-state index in [-0.39, 0.29) is 21.4 Å². The predicted molar refractivity (Wildman–Crippen MR) is 102 cm³/mol. The molecule has 0 aliphatic carbocycles. The van der Waals surface area contributed by atoms with E-state index in [0.717, 1.165) is 25.7 Å². The van der Waals surface area contributed by atoms with Crippen LogP contribution in [-0.2, 0) is 14.8 Å². The van der Waals surface area contributed by atoms with E-state index in [4.69, 9.17) is 16.3 Å². The van der Waals surface area contributed by atoms with Crippen LogP contribution in [0.25, 0.3) is 0 Å². The van der Waals surface area contributed by atoms with Gasteiger partial charge in [0.2, 0.25) is 10.0 Å². The molecule has 2 rings (SSSR count). The van der Waals surface area contributed by atoms with E-state index >= 15 is 0 Å². The van der Waals surface area contributed by atoms with Gasteiger partial charge in [0, 0.05) is 32.8 Å². The Bertz CT molecular complexity index is 701. The summed E-state index contributed by atoms with van der Waals surface area (Å²) >= 11 is 6.12. The minimum absolute atomic E-state index is 0.114. The number of halogens is 1. The molecule has 1 aromatic rings. The molecule has 0 saturated carbocycles. The van der Waals surface area contributed by atoms with Gasteiger partial charge in [0.1, 0.15) is 0 Å². The van der Waals surface area contributed by atoms with E-state index in [1.54, 1.807) is 0 Å². The molecule has 0 aromatic heterocycles. The van der Waals surface area contributed by atoms with E-state index in [1.165, 1.54) is 22.5 Å². The minimum atomic E-state index is -3.62. The average Bonchev–Trinajstić information content (AvgIpc) is 2.91. The van der Waals surface area contributed by atoms with E-state index < -0.39 is 10.0 Å². The Morgan fingerprint density at radius 1 is 1.23 bits per heavy atom. The zero-order valence-corrected chi connectivity index (χ0v) is 16.7. The van der Waals surface area contributed by atoms with Gasteiger partial charge in [0.15, 0.2) is 0 Å². The van der Waals surface area contributed by atoms with Gasteiger partial charge >= 0.3 is 0 Å². The Morgan fingerprint density at radius 2 is 1.92 bits per heavy atom. The fraction of sp³-hybridized carbons (Fsp3) is 0.611. The van der Waals surface area contributed by atoms with E-state index in [2.05, 4.69) is 5.32 Å². The number of carbonyl (C=O) groups excluding carboxylic acids is 1. The van der Waals surface area contributed by atoms with Gasteiger partial charge < -0.3 is 10.1 Å². The second-order valence-corrected chi connectivity index (χ2v) is 8.61. The molecule has 1 heterocycles. The zero-order valence-electron chi connectivity index (χ0n) is 15.2.